The fourth-order valence-corrected chi connectivity index (χ4v) is 2.89. The SMILES string of the molecule is CC(C)(O)CCOc1cc(OCc2ccccc2)cc(N2CCOCC2)c1. The Morgan fingerprint density at radius 2 is 1.67 bits per heavy atom. The smallest absolute Gasteiger partial charge is 0.125 e. The number of aliphatic hydroxyl groups is 1. The summed E-state index contributed by atoms with van der Waals surface area (Å²) in [5, 5.41) is 9.89. The van der Waals surface area contributed by atoms with Gasteiger partial charge in [-0.1, -0.05) is 30.3 Å². The van der Waals surface area contributed by atoms with Gasteiger partial charge in [-0.15, -0.1) is 0 Å². The van der Waals surface area contributed by atoms with Crippen molar-refractivity contribution in [3.05, 3.63) is 54.1 Å². The number of ether oxygens (including phenoxy) is 3. The van der Waals surface area contributed by atoms with Gasteiger partial charge in [0.1, 0.15) is 18.1 Å². The highest BCUT2D eigenvalue weighted by Crippen LogP contribution is 2.30. The molecule has 1 fully saturated rings. The van der Waals surface area contributed by atoms with Gasteiger partial charge in [0.2, 0.25) is 0 Å². The van der Waals surface area contributed by atoms with Gasteiger partial charge in [0, 0.05) is 43.4 Å². The van der Waals surface area contributed by atoms with Gasteiger partial charge in [-0.05, 0) is 19.4 Å². The van der Waals surface area contributed by atoms with E-state index in [1.807, 2.05) is 42.5 Å². The normalized spacial score (nSPS) is 14.9. The van der Waals surface area contributed by atoms with Crippen LogP contribution in [0.3, 0.4) is 0 Å². The third kappa shape index (κ3) is 6.45. The van der Waals surface area contributed by atoms with Gasteiger partial charge in [0.05, 0.1) is 25.4 Å². The highest BCUT2D eigenvalue weighted by Gasteiger charge is 2.15. The lowest BCUT2D eigenvalue weighted by molar-refractivity contribution is 0.0553. The van der Waals surface area contributed by atoms with E-state index in [1.165, 1.54) is 0 Å². The maximum atomic E-state index is 9.89. The van der Waals surface area contributed by atoms with E-state index in [9.17, 15) is 5.11 Å². The molecule has 2 aromatic carbocycles. The van der Waals surface area contributed by atoms with Crippen molar-refractivity contribution in [2.75, 3.05) is 37.8 Å². The number of morpholine rings is 1. The van der Waals surface area contributed by atoms with Crippen molar-refractivity contribution in [3.63, 3.8) is 0 Å². The first kappa shape index (κ1) is 19.5. The lowest BCUT2D eigenvalue weighted by Gasteiger charge is -2.29. The summed E-state index contributed by atoms with van der Waals surface area (Å²) < 4.78 is 17.4. The lowest BCUT2D eigenvalue weighted by atomic mass is 10.1. The monoisotopic (exact) mass is 371 g/mol. The van der Waals surface area contributed by atoms with E-state index in [-0.39, 0.29) is 0 Å². The highest BCUT2D eigenvalue weighted by atomic mass is 16.5. The van der Waals surface area contributed by atoms with Gasteiger partial charge in [-0.2, -0.15) is 0 Å². The van der Waals surface area contributed by atoms with Crippen molar-refractivity contribution >= 4 is 5.69 Å². The zero-order chi connectivity index (χ0) is 19.1. The Morgan fingerprint density at radius 3 is 2.33 bits per heavy atom. The molecule has 27 heavy (non-hydrogen) atoms. The molecule has 2 aromatic rings. The quantitative estimate of drug-likeness (QED) is 0.768. The van der Waals surface area contributed by atoms with Gasteiger partial charge in [-0.3, -0.25) is 0 Å². The highest BCUT2D eigenvalue weighted by molar-refractivity contribution is 5.56. The number of hydrogen-bond acceptors (Lipinski definition) is 5. The summed E-state index contributed by atoms with van der Waals surface area (Å²) in [7, 11) is 0. The first-order valence-corrected chi connectivity index (χ1v) is 9.49. The fourth-order valence-electron chi connectivity index (χ4n) is 2.89. The molecule has 0 amide bonds. The van der Waals surface area contributed by atoms with Crippen LogP contribution in [0, 0.1) is 0 Å². The number of benzene rings is 2. The second-order valence-corrected chi connectivity index (χ2v) is 7.45. The first-order chi connectivity index (χ1) is 13.0. The van der Waals surface area contributed by atoms with Crippen molar-refractivity contribution in [1.82, 2.24) is 0 Å². The average Bonchev–Trinajstić information content (AvgIpc) is 2.67. The first-order valence-electron chi connectivity index (χ1n) is 9.49. The van der Waals surface area contributed by atoms with Crippen LogP contribution in [0.15, 0.2) is 48.5 Å². The van der Waals surface area contributed by atoms with Crippen LogP contribution < -0.4 is 14.4 Å². The summed E-state index contributed by atoms with van der Waals surface area (Å²) in [5.41, 5.74) is 1.45. The Hall–Kier alpha value is -2.24. The maximum Gasteiger partial charge on any atom is 0.125 e. The predicted octanol–water partition coefficient (Wildman–Crippen LogP) is 3.64. The van der Waals surface area contributed by atoms with Crippen LogP contribution in [-0.4, -0.2) is 43.6 Å². The van der Waals surface area contributed by atoms with Crippen molar-refractivity contribution in [3.8, 4) is 11.5 Å². The molecule has 0 saturated carbocycles. The van der Waals surface area contributed by atoms with Crippen molar-refractivity contribution < 1.29 is 19.3 Å². The standard InChI is InChI=1S/C22H29NO4/c1-22(2,24)8-11-26-20-14-19(23-9-12-25-13-10-23)15-21(16-20)27-17-18-6-4-3-5-7-18/h3-7,14-16,24H,8-13,17H2,1-2H3. The molecule has 0 spiro atoms. The summed E-state index contributed by atoms with van der Waals surface area (Å²) in [4.78, 5) is 2.28. The van der Waals surface area contributed by atoms with E-state index < -0.39 is 5.60 Å². The maximum absolute atomic E-state index is 9.89. The van der Waals surface area contributed by atoms with Crippen molar-refractivity contribution in [1.29, 1.82) is 0 Å². The van der Waals surface area contributed by atoms with E-state index in [2.05, 4.69) is 11.0 Å². The molecule has 0 aromatic heterocycles. The molecule has 1 aliphatic rings. The molecule has 0 aliphatic carbocycles. The molecule has 1 heterocycles. The second kappa shape index (κ2) is 9.11. The summed E-state index contributed by atoms with van der Waals surface area (Å²) in [6.45, 7) is 7.69. The van der Waals surface area contributed by atoms with Crippen LogP contribution in [0.5, 0.6) is 11.5 Å². The lowest BCUT2D eigenvalue weighted by Crippen LogP contribution is -2.36. The van der Waals surface area contributed by atoms with Crippen molar-refractivity contribution in [2.45, 2.75) is 32.5 Å². The van der Waals surface area contributed by atoms with Crippen LogP contribution in [0.25, 0.3) is 0 Å². The molecule has 146 valence electrons. The molecule has 5 heteroatoms. The summed E-state index contributed by atoms with van der Waals surface area (Å²) in [5.74, 6) is 1.53. The molecular formula is C22H29NO4. The topological polar surface area (TPSA) is 51.2 Å². The molecule has 1 N–H and O–H groups in total. The van der Waals surface area contributed by atoms with Gasteiger partial charge in [-0.25, -0.2) is 0 Å². The van der Waals surface area contributed by atoms with Gasteiger partial charge in [0.25, 0.3) is 0 Å². The number of anilines is 1. The third-order valence-electron chi connectivity index (χ3n) is 4.47. The molecule has 0 atom stereocenters. The third-order valence-corrected chi connectivity index (χ3v) is 4.47. The number of rotatable bonds is 8. The number of nitrogens with zero attached hydrogens (tertiary/aromatic N) is 1. The Kier molecular flexibility index (Phi) is 6.58. The van der Waals surface area contributed by atoms with Gasteiger partial charge in [0.15, 0.2) is 0 Å². The van der Waals surface area contributed by atoms with Crippen molar-refractivity contribution in [2.24, 2.45) is 0 Å². The van der Waals surface area contributed by atoms with E-state index in [4.69, 9.17) is 14.2 Å². The Labute approximate surface area is 161 Å². The van der Waals surface area contributed by atoms with E-state index >= 15 is 0 Å². The van der Waals surface area contributed by atoms with Crippen LogP contribution in [-0.2, 0) is 11.3 Å². The summed E-state index contributed by atoms with van der Waals surface area (Å²) >= 11 is 0. The largest absolute Gasteiger partial charge is 0.493 e. The van der Waals surface area contributed by atoms with E-state index in [0.29, 0.717) is 19.6 Å². The minimum absolute atomic E-state index is 0.453. The van der Waals surface area contributed by atoms with Crippen LogP contribution in [0.4, 0.5) is 5.69 Å². The van der Waals surface area contributed by atoms with Gasteiger partial charge >= 0.3 is 0 Å². The predicted molar refractivity (Wildman–Crippen MR) is 107 cm³/mol. The molecule has 0 bridgehead atoms. The minimum Gasteiger partial charge on any atom is -0.493 e. The average molecular weight is 371 g/mol. The molecular weight excluding hydrogens is 342 g/mol. The molecule has 1 saturated heterocycles. The Balaban J connectivity index is 1.72. The Bertz CT molecular complexity index is 706. The summed E-state index contributed by atoms with van der Waals surface area (Å²) in [6.07, 6.45) is 0.564. The second-order valence-electron chi connectivity index (χ2n) is 7.45. The zero-order valence-corrected chi connectivity index (χ0v) is 16.2. The van der Waals surface area contributed by atoms with E-state index in [1.54, 1.807) is 13.8 Å². The Morgan fingerprint density at radius 1 is 1.00 bits per heavy atom. The molecule has 0 unspecified atom stereocenters. The van der Waals surface area contributed by atoms with Crippen LogP contribution >= 0.6 is 0 Å². The zero-order valence-electron chi connectivity index (χ0n) is 16.2. The molecule has 1 aliphatic heterocycles. The number of hydrogen-bond donors (Lipinski definition) is 1. The van der Waals surface area contributed by atoms with Crippen LogP contribution in [0.1, 0.15) is 25.8 Å². The van der Waals surface area contributed by atoms with E-state index in [0.717, 1.165) is 49.1 Å². The van der Waals surface area contributed by atoms with Gasteiger partial charge < -0.3 is 24.2 Å². The molecule has 5 nitrogen and oxygen atoms in total. The summed E-state index contributed by atoms with van der Waals surface area (Å²) in [6, 6.07) is 16.1. The molecule has 0 radical (unpaired) electrons. The minimum atomic E-state index is -0.742. The molecule has 3 rings (SSSR count). The fraction of sp³-hybridized carbons (Fsp3) is 0.455. The van der Waals surface area contributed by atoms with Crippen LogP contribution in [0.2, 0.25) is 0 Å².